The molecule has 2 aromatic heterocycles. The lowest BCUT2D eigenvalue weighted by atomic mass is 10.1. The van der Waals surface area contributed by atoms with Crippen LogP contribution < -0.4 is 16.6 Å². The summed E-state index contributed by atoms with van der Waals surface area (Å²) < 4.78 is 1.81. The highest BCUT2D eigenvalue weighted by molar-refractivity contribution is 7.99. The number of aromatic amines is 2. The second-order valence-corrected chi connectivity index (χ2v) is 8.46. The first kappa shape index (κ1) is 22.3. The molecule has 9 nitrogen and oxygen atoms in total. The van der Waals surface area contributed by atoms with Gasteiger partial charge in [-0.15, -0.1) is 10.2 Å². The first-order chi connectivity index (χ1) is 15.9. The maximum absolute atomic E-state index is 12.6. The molecule has 3 N–H and O–H groups in total. The summed E-state index contributed by atoms with van der Waals surface area (Å²) in [6, 6.07) is 16.7. The summed E-state index contributed by atoms with van der Waals surface area (Å²) in [4.78, 5) is 40.7. The number of nitrogens with one attached hydrogen (secondary N) is 3. The zero-order chi connectivity index (χ0) is 23.4. The summed E-state index contributed by atoms with van der Waals surface area (Å²) in [7, 11) is 0. The highest BCUT2D eigenvalue weighted by Gasteiger charge is 2.17. The van der Waals surface area contributed by atoms with Crippen LogP contribution in [0.1, 0.15) is 22.6 Å². The standard InChI is InChI=1S/C23H22N6O3S/c1-14-8-9-15(2)18(10-14)25-21(31)13-33-23-28-27-19(29(23)17-6-4-3-5-7-17)11-16-12-20(30)26-22(32)24-16/h3-10,12H,11,13H2,1-2H3,(H,25,31)(H2,24,26,30,32). The molecular formula is C23H22N6O3S. The Balaban J connectivity index is 1.57. The number of carbonyl (C=O) groups is 1. The predicted molar refractivity (Wildman–Crippen MR) is 127 cm³/mol. The van der Waals surface area contributed by atoms with E-state index >= 15 is 0 Å². The summed E-state index contributed by atoms with van der Waals surface area (Å²) >= 11 is 1.25. The molecule has 0 fully saturated rings. The van der Waals surface area contributed by atoms with Gasteiger partial charge in [0.25, 0.3) is 5.56 Å². The molecule has 0 atom stereocenters. The largest absolute Gasteiger partial charge is 0.325 e. The molecule has 10 heteroatoms. The first-order valence-electron chi connectivity index (χ1n) is 10.2. The van der Waals surface area contributed by atoms with Crippen LogP contribution in [0.4, 0.5) is 5.69 Å². The number of H-pyrrole nitrogens is 2. The monoisotopic (exact) mass is 462 g/mol. The quantitative estimate of drug-likeness (QED) is 0.363. The van der Waals surface area contributed by atoms with Crippen molar-refractivity contribution in [3.8, 4) is 5.69 Å². The topological polar surface area (TPSA) is 126 Å². The molecule has 33 heavy (non-hydrogen) atoms. The van der Waals surface area contributed by atoms with E-state index < -0.39 is 11.2 Å². The SMILES string of the molecule is Cc1ccc(C)c(NC(=O)CSc2nnc(Cc3cc(=O)[nH]c(=O)[nH]3)n2-c2ccccc2)c1. The highest BCUT2D eigenvalue weighted by atomic mass is 32.2. The van der Waals surface area contributed by atoms with Gasteiger partial charge in [-0.1, -0.05) is 42.1 Å². The third-order valence-corrected chi connectivity index (χ3v) is 5.81. The van der Waals surface area contributed by atoms with E-state index in [1.54, 1.807) is 0 Å². The number of amides is 1. The van der Waals surface area contributed by atoms with E-state index in [9.17, 15) is 14.4 Å². The normalized spacial score (nSPS) is 10.8. The summed E-state index contributed by atoms with van der Waals surface area (Å²) in [6.45, 7) is 3.92. The van der Waals surface area contributed by atoms with E-state index in [0.29, 0.717) is 16.7 Å². The minimum atomic E-state index is -0.582. The Morgan fingerprint density at radius 1 is 1.03 bits per heavy atom. The number of hydrogen-bond donors (Lipinski definition) is 3. The molecule has 0 aliphatic carbocycles. The summed E-state index contributed by atoms with van der Waals surface area (Å²) in [6.07, 6.45) is 0.191. The van der Waals surface area contributed by atoms with Gasteiger partial charge in [0.2, 0.25) is 5.91 Å². The van der Waals surface area contributed by atoms with Crippen LogP contribution in [0.15, 0.2) is 69.3 Å². The van der Waals surface area contributed by atoms with E-state index in [1.165, 1.54) is 17.8 Å². The van der Waals surface area contributed by atoms with Crippen LogP contribution in [0.3, 0.4) is 0 Å². The zero-order valence-electron chi connectivity index (χ0n) is 18.1. The third-order valence-electron chi connectivity index (χ3n) is 4.88. The number of aryl methyl sites for hydroxylation is 2. The average Bonchev–Trinajstić information content (AvgIpc) is 3.17. The van der Waals surface area contributed by atoms with E-state index in [4.69, 9.17) is 0 Å². The number of anilines is 1. The van der Waals surface area contributed by atoms with Gasteiger partial charge in [0, 0.05) is 29.6 Å². The maximum atomic E-state index is 12.6. The second-order valence-electron chi connectivity index (χ2n) is 7.51. The smallest absolute Gasteiger partial charge is 0.325 e. The Bertz CT molecular complexity index is 1380. The molecule has 0 saturated heterocycles. The molecule has 0 aliphatic rings. The molecule has 0 unspecified atom stereocenters. The van der Waals surface area contributed by atoms with Crippen LogP contribution in [0, 0.1) is 13.8 Å². The summed E-state index contributed by atoms with van der Waals surface area (Å²) in [5.74, 6) is 0.511. The van der Waals surface area contributed by atoms with Crippen molar-refractivity contribution in [3.63, 3.8) is 0 Å². The zero-order valence-corrected chi connectivity index (χ0v) is 18.9. The molecular weight excluding hydrogens is 440 g/mol. The number of carbonyl (C=O) groups excluding carboxylic acids is 1. The van der Waals surface area contributed by atoms with Crippen LogP contribution in [0.5, 0.6) is 0 Å². The first-order valence-corrected chi connectivity index (χ1v) is 11.2. The Hall–Kier alpha value is -3.92. The molecule has 0 aliphatic heterocycles. The number of aromatic nitrogens is 5. The molecule has 4 rings (SSSR count). The Morgan fingerprint density at radius 2 is 1.82 bits per heavy atom. The lowest BCUT2D eigenvalue weighted by Crippen LogP contribution is -2.23. The van der Waals surface area contributed by atoms with Gasteiger partial charge in [0.05, 0.1) is 5.75 Å². The maximum Gasteiger partial charge on any atom is 0.325 e. The average molecular weight is 463 g/mol. The predicted octanol–water partition coefficient (Wildman–Crippen LogP) is 2.58. The van der Waals surface area contributed by atoms with Crippen molar-refractivity contribution in [1.29, 1.82) is 0 Å². The molecule has 2 heterocycles. The van der Waals surface area contributed by atoms with E-state index in [0.717, 1.165) is 22.5 Å². The van der Waals surface area contributed by atoms with Gasteiger partial charge in [0.1, 0.15) is 5.82 Å². The van der Waals surface area contributed by atoms with Gasteiger partial charge in [-0.2, -0.15) is 0 Å². The number of thioether (sulfide) groups is 1. The molecule has 2 aromatic carbocycles. The van der Waals surface area contributed by atoms with Gasteiger partial charge in [0.15, 0.2) is 5.16 Å². The van der Waals surface area contributed by atoms with Crippen molar-refractivity contribution in [1.82, 2.24) is 24.7 Å². The highest BCUT2D eigenvalue weighted by Crippen LogP contribution is 2.24. The number of rotatable bonds is 7. The molecule has 1 amide bonds. The molecule has 0 bridgehead atoms. The van der Waals surface area contributed by atoms with Crippen molar-refractivity contribution in [2.75, 3.05) is 11.1 Å². The van der Waals surface area contributed by atoms with Crippen LogP contribution in [0.2, 0.25) is 0 Å². The van der Waals surface area contributed by atoms with Gasteiger partial charge >= 0.3 is 5.69 Å². The number of para-hydroxylation sites is 1. The lowest BCUT2D eigenvalue weighted by Gasteiger charge is -2.11. The second kappa shape index (κ2) is 9.70. The minimum Gasteiger partial charge on any atom is -0.325 e. The lowest BCUT2D eigenvalue weighted by molar-refractivity contribution is -0.113. The van der Waals surface area contributed by atoms with Crippen LogP contribution in [0.25, 0.3) is 5.69 Å². The number of hydrogen-bond acceptors (Lipinski definition) is 6. The fraction of sp³-hybridized carbons (Fsp3) is 0.174. The van der Waals surface area contributed by atoms with E-state index in [-0.39, 0.29) is 18.1 Å². The van der Waals surface area contributed by atoms with Crippen LogP contribution in [-0.4, -0.2) is 36.4 Å². The molecule has 4 aromatic rings. The van der Waals surface area contributed by atoms with Crippen molar-refractivity contribution < 1.29 is 4.79 Å². The van der Waals surface area contributed by atoms with E-state index in [2.05, 4.69) is 25.5 Å². The van der Waals surface area contributed by atoms with Crippen LogP contribution in [-0.2, 0) is 11.2 Å². The summed E-state index contributed by atoms with van der Waals surface area (Å²) in [5, 5.41) is 12.0. The number of nitrogens with zero attached hydrogens (tertiary/aromatic N) is 3. The Kier molecular flexibility index (Phi) is 6.55. The molecule has 0 radical (unpaired) electrons. The molecule has 168 valence electrons. The van der Waals surface area contributed by atoms with Gasteiger partial charge in [-0.05, 0) is 43.2 Å². The van der Waals surface area contributed by atoms with E-state index in [1.807, 2.05) is 66.9 Å². The van der Waals surface area contributed by atoms with Crippen molar-refractivity contribution in [2.45, 2.75) is 25.4 Å². The minimum absolute atomic E-state index is 0.139. The van der Waals surface area contributed by atoms with Crippen molar-refractivity contribution >= 4 is 23.4 Å². The van der Waals surface area contributed by atoms with Gasteiger partial charge in [-0.25, -0.2) is 4.79 Å². The van der Waals surface area contributed by atoms with Gasteiger partial charge in [-0.3, -0.25) is 19.1 Å². The fourth-order valence-corrected chi connectivity index (χ4v) is 4.09. The van der Waals surface area contributed by atoms with Crippen molar-refractivity contribution in [2.24, 2.45) is 0 Å². The molecule has 0 saturated carbocycles. The Morgan fingerprint density at radius 3 is 2.58 bits per heavy atom. The fourth-order valence-electron chi connectivity index (χ4n) is 3.32. The van der Waals surface area contributed by atoms with Crippen LogP contribution >= 0.6 is 11.8 Å². The van der Waals surface area contributed by atoms with Crippen molar-refractivity contribution in [3.05, 3.63) is 98.1 Å². The Labute approximate surface area is 193 Å². The molecule has 0 spiro atoms. The number of benzene rings is 2. The summed E-state index contributed by atoms with van der Waals surface area (Å²) in [5.41, 5.74) is 2.98. The third kappa shape index (κ3) is 5.47. The van der Waals surface area contributed by atoms with Gasteiger partial charge < -0.3 is 10.3 Å².